The second-order valence-electron chi connectivity index (χ2n) is 5.57. The predicted octanol–water partition coefficient (Wildman–Crippen LogP) is 4.08. The van der Waals surface area contributed by atoms with Gasteiger partial charge in [-0.15, -0.1) is 0 Å². The third kappa shape index (κ3) is 3.72. The third-order valence-corrected chi connectivity index (χ3v) is 3.91. The van der Waals surface area contributed by atoms with E-state index < -0.39 is 5.97 Å². The van der Waals surface area contributed by atoms with E-state index in [9.17, 15) is 4.79 Å². The molecule has 0 bridgehead atoms. The molecule has 0 saturated heterocycles. The lowest BCUT2D eigenvalue weighted by atomic mass is 10.1. The Kier molecular flexibility index (Phi) is 5.27. The molecule has 2 aromatic carbocycles. The maximum Gasteiger partial charge on any atom is 0.343 e. The Hall–Kier alpha value is -3.21. The molecule has 1 aliphatic heterocycles. The van der Waals surface area contributed by atoms with Crippen LogP contribution in [0, 0.1) is 0 Å². The molecule has 0 saturated carbocycles. The molecule has 1 aliphatic rings. The molecule has 3 rings (SSSR count). The Morgan fingerprint density at radius 1 is 1.00 bits per heavy atom. The largest absolute Gasteiger partial charge is 0.497 e. The third-order valence-electron chi connectivity index (χ3n) is 3.91. The fraction of sp³-hybridized carbons (Fsp3) is 0.190. The lowest BCUT2D eigenvalue weighted by Crippen LogP contribution is -1.99. The van der Waals surface area contributed by atoms with Crippen molar-refractivity contribution in [1.82, 2.24) is 0 Å². The first-order valence-corrected chi connectivity index (χ1v) is 8.25. The van der Waals surface area contributed by atoms with Gasteiger partial charge in [0, 0.05) is 0 Å². The minimum absolute atomic E-state index is 0.404. The molecule has 0 unspecified atom stereocenters. The number of cyclic esters (lactones) is 1. The summed E-state index contributed by atoms with van der Waals surface area (Å²) >= 11 is 0. The van der Waals surface area contributed by atoms with E-state index in [0.717, 1.165) is 11.3 Å². The number of carbonyl (C=O) groups excluding carboxylic acids is 1. The van der Waals surface area contributed by atoms with E-state index in [-0.39, 0.29) is 0 Å². The fourth-order valence-corrected chi connectivity index (χ4v) is 2.63. The first-order chi connectivity index (χ1) is 12.6. The first kappa shape index (κ1) is 17.6. The molecule has 0 fully saturated rings. The van der Waals surface area contributed by atoms with Crippen LogP contribution in [-0.2, 0) is 9.53 Å². The van der Waals surface area contributed by atoms with Crippen molar-refractivity contribution in [2.75, 3.05) is 20.8 Å². The number of esters is 1. The normalized spacial score (nSPS) is 14.8. The zero-order valence-corrected chi connectivity index (χ0v) is 14.9. The summed E-state index contributed by atoms with van der Waals surface area (Å²) < 4.78 is 21.5. The van der Waals surface area contributed by atoms with Gasteiger partial charge in [-0.1, -0.05) is 12.1 Å². The summed E-state index contributed by atoms with van der Waals surface area (Å²) in [5.41, 5.74) is 2.01. The maximum atomic E-state index is 12.2. The van der Waals surface area contributed by atoms with Crippen LogP contribution in [0.5, 0.6) is 17.2 Å². The van der Waals surface area contributed by atoms with E-state index in [2.05, 4.69) is 0 Å². The van der Waals surface area contributed by atoms with Gasteiger partial charge in [0.2, 0.25) is 0 Å². The number of ether oxygens (including phenoxy) is 4. The summed E-state index contributed by atoms with van der Waals surface area (Å²) in [6.07, 6.45) is 3.48. The summed E-state index contributed by atoms with van der Waals surface area (Å²) in [5.74, 6) is 2.08. The Bertz CT molecular complexity index is 862. The average Bonchev–Trinajstić information content (AvgIpc) is 3.03. The van der Waals surface area contributed by atoms with E-state index in [1.807, 2.05) is 31.2 Å². The van der Waals surface area contributed by atoms with E-state index >= 15 is 0 Å². The van der Waals surface area contributed by atoms with E-state index in [1.54, 1.807) is 44.6 Å². The molecule has 0 N–H and O–H groups in total. The van der Waals surface area contributed by atoms with Gasteiger partial charge in [-0.2, -0.15) is 0 Å². The highest BCUT2D eigenvalue weighted by molar-refractivity contribution is 6.05. The molecule has 2 aromatic rings. The van der Waals surface area contributed by atoms with Gasteiger partial charge in [-0.05, 0) is 55.0 Å². The first-order valence-electron chi connectivity index (χ1n) is 8.25. The fourth-order valence-electron chi connectivity index (χ4n) is 2.63. The molecule has 0 spiro atoms. The molecule has 134 valence electrons. The summed E-state index contributed by atoms with van der Waals surface area (Å²) in [4.78, 5) is 12.2. The van der Waals surface area contributed by atoms with Crippen molar-refractivity contribution < 1.29 is 23.7 Å². The summed E-state index contributed by atoms with van der Waals surface area (Å²) in [6, 6.07) is 12.9. The molecule has 1 heterocycles. The van der Waals surface area contributed by atoms with Crippen LogP contribution in [0.3, 0.4) is 0 Å². The van der Waals surface area contributed by atoms with Crippen LogP contribution < -0.4 is 14.2 Å². The van der Waals surface area contributed by atoms with Crippen molar-refractivity contribution >= 4 is 17.8 Å². The van der Waals surface area contributed by atoms with Gasteiger partial charge in [0.1, 0.15) is 23.0 Å². The second-order valence-corrected chi connectivity index (χ2v) is 5.57. The van der Waals surface area contributed by atoms with Crippen molar-refractivity contribution in [3.63, 3.8) is 0 Å². The minimum atomic E-state index is -0.404. The Morgan fingerprint density at radius 3 is 2.38 bits per heavy atom. The molecular formula is C21H20O5. The molecule has 5 heteroatoms. The van der Waals surface area contributed by atoms with Crippen molar-refractivity contribution in [1.29, 1.82) is 0 Å². The maximum absolute atomic E-state index is 12.2. The van der Waals surface area contributed by atoms with Crippen molar-refractivity contribution in [3.8, 4) is 17.2 Å². The topological polar surface area (TPSA) is 54.0 Å². The van der Waals surface area contributed by atoms with Crippen molar-refractivity contribution in [2.24, 2.45) is 0 Å². The van der Waals surface area contributed by atoms with Crippen LogP contribution >= 0.6 is 0 Å². The van der Waals surface area contributed by atoms with Crippen LogP contribution in [0.4, 0.5) is 0 Å². The number of hydrogen-bond donors (Lipinski definition) is 0. The average molecular weight is 352 g/mol. The number of methoxy groups -OCH3 is 2. The molecule has 0 radical (unpaired) electrons. The molecule has 0 atom stereocenters. The monoisotopic (exact) mass is 352 g/mol. The number of rotatable bonds is 6. The zero-order chi connectivity index (χ0) is 18.5. The standard InChI is InChI=1S/C21H20O5/c1-4-25-16-7-5-14(6-8-16)11-15-12-20(26-21(15)22)18-13-17(23-2)9-10-19(18)24-3/h5-13H,4H2,1-3H3/b15-11-. The van der Waals surface area contributed by atoms with Gasteiger partial charge < -0.3 is 18.9 Å². The van der Waals surface area contributed by atoms with Gasteiger partial charge in [-0.3, -0.25) is 0 Å². The lowest BCUT2D eigenvalue weighted by molar-refractivity contribution is -0.130. The summed E-state index contributed by atoms with van der Waals surface area (Å²) in [6.45, 7) is 2.55. The highest BCUT2D eigenvalue weighted by Crippen LogP contribution is 2.35. The SMILES string of the molecule is CCOc1ccc(/C=C2/C=C(c3cc(OC)ccc3OC)OC2=O)cc1. The van der Waals surface area contributed by atoms with Gasteiger partial charge in [0.25, 0.3) is 0 Å². The molecular weight excluding hydrogens is 332 g/mol. The molecule has 0 aromatic heterocycles. The van der Waals surface area contributed by atoms with Gasteiger partial charge in [0.15, 0.2) is 0 Å². The van der Waals surface area contributed by atoms with Crippen LogP contribution in [0.2, 0.25) is 0 Å². The minimum Gasteiger partial charge on any atom is -0.497 e. The molecule has 5 nitrogen and oxygen atoms in total. The van der Waals surface area contributed by atoms with Crippen molar-refractivity contribution in [3.05, 3.63) is 65.2 Å². The second kappa shape index (κ2) is 7.78. The van der Waals surface area contributed by atoms with Crippen LogP contribution in [0.1, 0.15) is 18.1 Å². The number of benzene rings is 2. The van der Waals surface area contributed by atoms with E-state index in [4.69, 9.17) is 18.9 Å². The molecule has 26 heavy (non-hydrogen) atoms. The highest BCUT2D eigenvalue weighted by Gasteiger charge is 2.24. The Labute approximate surface area is 152 Å². The van der Waals surface area contributed by atoms with E-state index in [1.165, 1.54) is 0 Å². The summed E-state index contributed by atoms with van der Waals surface area (Å²) in [5, 5.41) is 0. The quantitative estimate of drug-likeness (QED) is 0.579. The smallest absolute Gasteiger partial charge is 0.343 e. The van der Waals surface area contributed by atoms with Gasteiger partial charge >= 0.3 is 5.97 Å². The molecule has 0 amide bonds. The number of carbonyl (C=O) groups is 1. The van der Waals surface area contributed by atoms with Crippen LogP contribution in [0.25, 0.3) is 11.8 Å². The van der Waals surface area contributed by atoms with Gasteiger partial charge in [0.05, 0.1) is 32.0 Å². The highest BCUT2D eigenvalue weighted by atomic mass is 16.5. The predicted molar refractivity (Wildman–Crippen MR) is 99.2 cm³/mol. The Balaban J connectivity index is 1.91. The van der Waals surface area contributed by atoms with Crippen molar-refractivity contribution in [2.45, 2.75) is 6.92 Å². The van der Waals surface area contributed by atoms with Crippen LogP contribution in [0.15, 0.2) is 54.1 Å². The molecule has 0 aliphatic carbocycles. The zero-order valence-electron chi connectivity index (χ0n) is 14.9. The van der Waals surface area contributed by atoms with Gasteiger partial charge in [-0.25, -0.2) is 4.79 Å². The Morgan fingerprint density at radius 2 is 1.73 bits per heavy atom. The lowest BCUT2D eigenvalue weighted by Gasteiger charge is -2.10. The number of hydrogen-bond acceptors (Lipinski definition) is 5. The van der Waals surface area contributed by atoms with E-state index in [0.29, 0.717) is 35.0 Å². The van der Waals surface area contributed by atoms with Crippen LogP contribution in [-0.4, -0.2) is 26.8 Å². The summed E-state index contributed by atoms with van der Waals surface area (Å²) in [7, 11) is 3.15.